The second-order valence-corrected chi connectivity index (χ2v) is 9.10. The first kappa shape index (κ1) is 21.2. The van der Waals surface area contributed by atoms with Gasteiger partial charge in [0, 0.05) is 21.5 Å². The van der Waals surface area contributed by atoms with Crippen LogP contribution in [-0.4, -0.2) is 33.1 Å². The monoisotopic (exact) mass is 470 g/mol. The summed E-state index contributed by atoms with van der Waals surface area (Å²) < 4.78 is 6.92. The molecule has 1 atom stereocenters. The maximum absolute atomic E-state index is 12.6. The Bertz CT molecular complexity index is 1350. The van der Waals surface area contributed by atoms with E-state index in [9.17, 15) is 14.9 Å². The van der Waals surface area contributed by atoms with E-state index < -0.39 is 24.3 Å². The smallest absolute Gasteiger partial charge is 0.348 e. The standard InChI is InChI=1S/C21H15ClN4O3S2/c1-11-10-30-19(24-11)16(8-23)17(27)9-29-21(28)18-7-15-12(2)25-26(20(15)31-18)14-5-3-4-13(22)6-14/h3-7,10,16H,9H2,1-2H3. The first-order valence-corrected chi connectivity index (χ1v) is 11.2. The molecule has 0 N–H and O–H groups in total. The number of thiophene rings is 1. The highest BCUT2D eigenvalue weighted by Crippen LogP contribution is 2.31. The number of fused-ring (bicyclic) bond motifs is 1. The number of hydrogen-bond acceptors (Lipinski definition) is 8. The van der Waals surface area contributed by atoms with E-state index in [1.54, 1.807) is 35.2 Å². The Kier molecular flexibility index (Phi) is 5.87. The zero-order valence-electron chi connectivity index (χ0n) is 16.5. The van der Waals surface area contributed by atoms with Crippen molar-refractivity contribution in [3.05, 3.63) is 62.0 Å². The lowest BCUT2D eigenvalue weighted by atomic mass is 10.1. The minimum atomic E-state index is -1.05. The molecular weight excluding hydrogens is 456 g/mol. The van der Waals surface area contributed by atoms with E-state index >= 15 is 0 Å². The van der Waals surface area contributed by atoms with Gasteiger partial charge < -0.3 is 4.74 Å². The number of aryl methyl sites for hydroxylation is 2. The van der Waals surface area contributed by atoms with Crippen LogP contribution >= 0.6 is 34.3 Å². The number of rotatable bonds is 6. The Labute approximate surface area is 190 Å². The van der Waals surface area contributed by atoms with Gasteiger partial charge in [0.2, 0.25) is 0 Å². The molecule has 7 nitrogen and oxygen atoms in total. The number of ether oxygens (including phenoxy) is 1. The van der Waals surface area contributed by atoms with Gasteiger partial charge in [-0.05, 0) is 38.1 Å². The average molecular weight is 471 g/mol. The summed E-state index contributed by atoms with van der Waals surface area (Å²) in [5, 5.41) is 17.4. The lowest BCUT2D eigenvalue weighted by Gasteiger charge is -2.06. The Morgan fingerprint density at radius 2 is 2.13 bits per heavy atom. The van der Waals surface area contributed by atoms with Crippen molar-refractivity contribution in [1.82, 2.24) is 14.8 Å². The van der Waals surface area contributed by atoms with Crippen molar-refractivity contribution in [2.75, 3.05) is 6.61 Å². The number of Topliss-reactive ketones (excluding diaryl/α,β-unsaturated/α-hetero) is 1. The molecule has 31 heavy (non-hydrogen) atoms. The first-order chi connectivity index (χ1) is 14.9. The molecule has 0 aliphatic heterocycles. The number of thiazole rings is 1. The number of benzene rings is 1. The Balaban J connectivity index is 1.53. The van der Waals surface area contributed by atoms with Crippen LogP contribution in [0.25, 0.3) is 15.9 Å². The molecule has 0 aliphatic carbocycles. The lowest BCUT2D eigenvalue weighted by molar-refractivity contribution is -0.122. The van der Waals surface area contributed by atoms with Crippen LogP contribution in [0.15, 0.2) is 35.7 Å². The predicted molar refractivity (Wildman–Crippen MR) is 119 cm³/mol. The van der Waals surface area contributed by atoms with Gasteiger partial charge in [-0.1, -0.05) is 17.7 Å². The third kappa shape index (κ3) is 4.23. The highest BCUT2D eigenvalue weighted by molar-refractivity contribution is 7.20. The molecule has 0 aliphatic rings. The van der Waals surface area contributed by atoms with Crippen molar-refractivity contribution >= 4 is 56.2 Å². The summed E-state index contributed by atoms with van der Waals surface area (Å²) in [6, 6.07) is 10.9. The van der Waals surface area contributed by atoms with E-state index in [1.165, 1.54) is 22.7 Å². The molecule has 10 heteroatoms. The molecule has 1 aromatic carbocycles. The van der Waals surface area contributed by atoms with Gasteiger partial charge >= 0.3 is 5.97 Å². The van der Waals surface area contributed by atoms with Gasteiger partial charge in [0.15, 0.2) is 18.3 Å². The highest BCUT2D eigenvalue weighted by Gasteiger charge is 2.25. The van der Waals surface area contributed by atoms with Gasteiger partial charge in [0.05, 0.1) is 17.5 Å². The Hall–Kier alpha value is -3.06. The van der Waals surface area contributed by atoms with Crippen LogP contribution in [-0.2, 0) is 9.53 Å². The summed E-state index contributed by atoms with van der Waals surface area (Å²) in [6.45, 7) is 3.14. The predicted octanol–water partition coefficient (Wildman–Crippen LogP) is 4.85. The molecular formula is C21H15ClN4O3S2. The van der Waals surface area contributed by atoms with E-state index in [2.05, 4.69) is 10.1 Å². The van der Waals surface area contributed by atoms with Crippen molar-refractivity contribution in [3.63, 3.8) is 0 Å². The van der Waals surface area contributed by atoms with E-state index in [0.717, 1.165) is 27.3 Å². The van der Waals surface area contributed by atoms with E-state index in [-0.39, 0.29) is 0 Å². The molecule has 0 fully saturated rings. The van der Waals surface area contributed by atoms with Crippen molar-refractivity contribution in [2.45, 2.75) is 19.8 Å². The molecule has 4 rings (SSSR count). The zero-order valence-corrected chi connectivity index (χ0v) is 18.8. The van der Waals surface area contributed by atoms with Gasteiger partial charge in [0.25, 0.3) is 0 Å². The van der Waals surface area contributed by atoms with Crippen LogP contribution in [0.5, 0.6) is 0 Å². The highest BCUT2D eigenvalue weighted by atomic mass is 35.5. The maximum Gasteiger partial charge on any atom is 0.348 e. The second-order valence-electron chi connectivity index (χ2n) is 6.74. The van der Waals surface area contributed by atoms with Crippen molar-refractivity contribution in [1.29, 1.82) is 5.26 Å². The minimum Gasteiger partial charge on any atom is -0.453 e. The summed E-state index contributed by atoms with van der Waals surface area (Å²) in [5.41, 5.74) is 2.27. The summed E-state index contributed by atoms with van der Waals surface area (Å²) in [6.07, 6.45) is 0. The number of nitriles is 1. The van der Waals surface area contributed by atoms with E-state index in [4.69, 9.17) is 16.3 Å². The van der Waals surface area contributed by atoms with Gasteiger partial charge in [-0.2, -0.15) is 10.4 Å². The summed E-state index contributed by atoms with van der Waals surface area (Å²) in [4.78, 5) is 30.3. The number of ketones is 1. The molecule has 0 spiro atoms. The molecule has 1 unspecified atom stereocenters. The minimum absolute atomic E-state index is 0.345. The largest absolute Gasteiger partial charge is 0.453 e. The van der Waals surface area contributed by atoms with E-state index in [1.807, 2.05) is 25.1 Å². The van der Waals surface area contributed by atoms with Crippen LogP contribution in [0.1, 0.15) is 32.0 Å². The summed E-state index contributed by atoms with van der Waals surface area (Å²) in [7, 11) is 0. The van der Waals surface area contributed by atoms with Crippen molar-refractivity contribution in [2.24, 2.45) is 0 Å². The van der Waals surface area contributed by atoms with Crippen LogP contribution in [0.3, 0.4) is 0 Å². The fraction of sp³-hybridized carbons (Fsp3) is 0.190. The SMILES string of the molecule is Cc1csc(C(C#N)C(=O)COC(=O)c2cc3c(C)nn(-c4cccc(Cl)c4)c3s2)n1. The van der Waals surface area contributed by atoms with Gasteiger partial charge in [0.1, 0.15) is 14.7 Å². The molecule has 0 amide bonds. The number of hydrogen-bond donors (Lipinski definition) is 0. The van der Waals surface area contributed by atoms with Gasteiger partial charge in [-0.3, -0.25) is 4.79 Å². The first-order valence-electron chi connectivity index (χ1n) is 9.14. The lowest BCUT2D eigenvalue weighted by Crippen LogP contribution is -2.19. The molecule has 3 aromatic heterocycles. The molecule has 0 saturated carbocycles. The second kappa shape index (κ2) is 8.59. The zero-order chi connectivity index (χ0) is 22.1. The topological polar surface area (TPSA) is 97.9 Å². The maximum atomic E-state index is 12.6. The molecule has 4 aromatic rings. The molecule has 0 saturated heterocycles. The molecule has 3 heterocycles. The third-order valence-corrected chi connectivity index (χ3v) is 6.83. The summed E-state index contributed by atoms with van der Waals surface area (Å²) in [5.74, 6) is -2.18. The quantitative estimate of drug-likeness (QED) is 0.374. The molecule has 0 radical (unpaired) electrons. The Morgan fingerprint density at radius 1 is 1.32 bits per heavy atom. The van der Waals surface area contributed by atoms with Crippen LogP contribution in [0, 0.1) is 25.2 Å². The molecule has 156 valence electrons. The van der Waals surface area contributed by atoms with Crippen molar-refractivity contribution < 1.29 is 14.3 Å². The van der Waals surface area contributed by atoms with Crippen LogP contribution in [0.4, 0.5) is 0 Å². The number of esters is 1. The molecule has 0 bridgehead atoms. The Morgan fingerprint density at radius 3 is 2.81 bits per heavy atom. The van der Waals surface area contributed by atoms with Crippen molar-refractivity contribution in [3.8, 4) is 11.8 Å². The third-order valence-electron chi connectivity index (χ3n) is 4.48. The fourth-order valence-corrected chi connectivity index (χ4v) is 5.11. The number of halogens is 1. The van der Waals surface area contributed by atoms with Gasteiger partial charge in [-0.25, -0.2) is 14.5 Å². The number of carbonyl (C=O) groups is 2. The number of carbonyl (C=O) groups excluding carboxylic acids is 2. The van der Waals surface area contributed by atoms with E-state index in [0.29, 0.717) is 14.9 Å². The average Bonchev–Trinajstić information content (AvgIpc) is 3.44. The fourth-order valence-electron chi connectivity index (χ4n) is 2.99. The normalized spacial score (nSPS) is 11.9. The van der Waals surface area contributed by atoms with Gasteiger partial charge in [-0.15, -0.1) is 22.7 Å². The number of aromatic nitrogens is 3. The van der Waals surface area contributed by atoms with Crippen LogP contribution in [0.2, 0.25) is 5.02 Å². The number of nitrogens with zero attached hydrogens (tertiary/aromatic N) is 4. The van der Waals surface area contributed by atoms with Crippen LogP contribution < -0.4 is 0 Å². The summed E-state index contributed by atoms with van der Waals surface area (Å²) >= 11 is 8.54.